The molecule has 0 saturated carbocycles. The normalized spacial score (nSPS) is 17.6. The summed E-state index contributed by atoms with van der Waals surface area (Å²) in [6, 6.07) is 7.59. The maximum Gasteiger partial charge on any atom is 0.324 e. The molecule has 2 amide bonds. The van der Waals surface area contributed by atoms with Gasteiger partial charge in [0.05, 0.1) is 28.0 Å². The van der Waals surface area contributed by atoms with Crippen LogP contribution in [-0.4, -0.2) is 69.5 Å². The molecule has 1 saturated heterocycles. The number of rotatable bonds is 5. The van der Waals surface area contributed by atoms with Gasteiger partial charge in [0.25, 0.3) is 0 Å². The highest BCUT2D eigenvalue weighted by molar-refractivity contribution is 7.22. The lowest BCUT2D eigenvalue weighted by molar-refractivity contribution is 0.0954. The van der Waals surface area contributed by atoms with E-state index in [0.717, 1.165) is 21.3 Å². The molecule has 0 spiro atoms. The number of piperazine rings is 1. The zero-order valence-electron chi connectivity index (χ0n) is 18.0. The molecule has 0 radical (unpaired) electrons. The molecule has 3 heterocycles. The smallest absolute Gasteiger partial charge is 0.324 e. The summed E-state index contributed by atoms with van der Waals surface area (Å²) in [6.45, 7) is 5.44. The van der Waals surface area contributed by atoms with E-state index in [0.29, 0.717) is 42.0 Å². The van der Waals surface area contributed by atoms with E-state index in [4.69, 9.17) is 16.7 Å². The van der Waals surface area contributed by atoms with Gasteiger partial charge in [-0.2, -0.15) is 0 Å². The Hall–Kier alpha value is -2.46. The Morgan fingerprint density at radius 2 is 2.19 bits per heavy atom. The van der Waals surface area contributed by atoms with E-state index < -0.39 is 6.10 Å². The van der Waals surface area contributed by atoms with Crippen molar-refractivity contribution in [3.05, 3.63) is 46.6 Å². The molecule has 1 aliphatic rings. The quantitative estimate of drug-likeness (QED) is 0.523. The number of hydrogen-bond donors (Lipinski definition) is 3. The Labute approximate surface area is 195 Å². The first-order valence-corrected chi connectivity index (χ1v) is 11.7. The molecule has 1 aromatic carbocycles. The number of thiazole rings is 1. The fourth-order valence-electron chi connectivity index (χ4n) is 3.85. The van der Waals surface area contributed by atoms with Crippen LogP contribution in [0.15, 0.2) is 30.5 Å². The molecular formula is C22H26ClN5O3S. The molecule has 0 aliphatic carbocycles. The highest BCUT2D eigenvalue weighted by Crippen LogP contribution is 2.29. The summed E-state index contributed by atoms with van der Waals surface area (Å²) in [5, 5.41) is 22.6. The van der Waals surface area contributed by atoms with Gasteiger partial charge in [0.15, 0.2) is 5.13 Å². The van der Waals surface area contributed by atoms with Gasteiger partial charge < -0.3 is 20.0 Å². The number of benzene rings is 1. The third-order valence-corrected chi connectivity index (χ3v) is 6.72. The number of aryl methyl sites for hydroxylation is 1. The van der Waals surface area contributed by atoms with Gasteiger partial charge in [0.2, 0.25) is 0 Å². The van der Waals surface area contributed by atoms with Crippen LogP contribution in [0.2, 0.25) is 5.02 Å². The van der Waals surface area contributed by atoms with Crippen LogP contribution in [0.25, 0.3) is 10.2 Å². The van der Waals surface area contributed by atoms with Crippen molar-refractivity contribution in [2.45, 2.75) is 32.4 Å². The van der Waals surface area contributed by atoms with Crippen LogP contribution in [0.5, 0.6) is 0 Å². The van der Waals surface area contributed by atoms with Crippen LogP contribution in [0.1, 0.15) is 18.1 Å². The number of pyridine rings is 1. The van der Waals surface area contributed by atoms with Crippen molar-refractivity contribution >= 4 is 50.1 Å². The molecule has 8 nitrogen and oxygen atoms in total. The number of nitrogens with zero attached hydrogens (tertiary/aromatic N) is 4. The fourth-order valence-corrected chi connectivity index (χ4v) is 5.11. The van der Waals surface area contributed by atoms with Crippen LogP contribution < -0.4 is 10.2 Å². The summed E-state index contributed by atoms with van der Waals surface area (Å²) in [7, 11) is 0. The number of carbonyl (C=O) groups excluding carboxylic acids is 1. The molecule has 0 unspecified atom stereocenters. The summed E-state index contributed by atoms with van der Waals surface area (Å²) >= 11 is 7.92. The molecular weight excluding hydrogens is 450 g/mol. The Morgan fingerprint density at radius 1 is 1.38 bits per heavy atom. The monoisotopic (exact) mass is 475 g/mol. The minimum absolute atomic E-state index is 0.0471. The van der Waals surface area contributed by atoms with E-state index in [1.165, 1.54) is 11.3 Å². The molecule has 3 N–H and O–H groups in total. The first-order chi connectivity index (χ1) is 15.3. The lowest BCUT2D eigenvalue weighted by Gasteiger charge is -2.40. The van der Waals surface area contributed by atoms with E-state index in [1.807, 2.05) is 26.0 Å². The highest BCUT2D eigenvalue weighted by Gasteiger charge is 2.29. The van der Waals surface area contributed by atoms with Crippen LogP contribution >= 0.6 is 22.9 Å². The summed E-state index contributed by atoms with van der Waals surface area (Å²) in [5.41, 5.74) is 2.80. The zero-order chi connectivity index (χ0) is 22.8. The van der Waals surface area contributed by atoms with Crippen molar-refractivity contribution in [2.24, 2.45) is 0 Å². The van der Waals surface area contributed by atoms with Gasteiger partial charge in [-0.25, -0.2) is 14.8 Å². The molecule has 170 valence electrons. The number of carbonyl (C=O) groups is 1. The van der Waals surface area contributed by atoms with Crippen LogP contribution in [0.4, 0.5) is 15.7 Å². The minimum atomic E-state index is -0.833. The average molecular weight is 476 g/mol. The number of hydrogen-bond acceptors (Lipinski definition) is 7. The topological polar surface area (TPSA) is 102 Å². The minimum Gasteiger partial charge on any atom is -0.394 e. The molecule has 4 rings (SSSR count). The average Bonchev–Trinajstić information content (AvgIpc) is 3.14. The Balaban J connectivity index is 1.39. The highest BCUT2D eigenvalue weighted by atomic mass is 35.5. The van der Waals surface area contributed by atoms with E-state index in [9.17, 15) is 9.90 Å². The number of anilines is 2. The van der Waals surface area contributed by atoms with E-state index in [-0.39, 0.29) is 18.7 Å². The number of halogens is 1. The predicted octanol–water partition coefficient (Wildman–Crippen LogP) is 3.29. The van der Waals surface area contributed by atoms with E-state index >= 15 is 0 Å². The Bertz CT molecular complexity index is 1120. The SMILES string of the molecule is Cc1ccc2nc(NC(=O)N3CCN(c4ncc(C[C@@H](O)CO)cc4Cl)C[C@@H]3C)sc2c1. The second kappa shape index (κ2) is 9.58. The van der Waals surface area contributed by atoms with Gasteiger partial charge in [0, 0.05) is 38.3 Å². The van der Waals surface area contributed by atoms with Gasteiger partial charge in [-0.3, -0.25) is 5.32 Å². The summed E-state index contributed by atoms with van der Waals surface area (Å²) in [6.07, 6.45) is 1.12. The number of aliphatic hydroxyl groups is 2. The van der Waals surface area contributed by atoms with E-state index in [2.05, 4.69) is 26.3 Å². The van der Waals surface area contributed by atoms with Crippen molar-refractivity contribution in [1.29, 1.82) is 0 Å². The summed E-state index contributed by atoms with van der Waals surface area (Å²) in [5.74, 6) is 0.655. The molecule has 1 aliphatic heterocycles. The Morgan fingerprint density at radius 3 is 2.91 bits per heavy atom. The predicted molar refractivity (Wildman–Crippen MR) is 128 cm³/mol. The molecule has 10 heteroatoms. The third kappa shape index (κ3) is 4.96. The van der Waals surface area contributed by atoms with Crippen LogP contribution in [0, 0.1) is 6.92 Å². The van der Waals surface area contributed by atoms with Crippen molar-refractivity contribution in [3.8, 4) is 0 Å². The maximum absolute atomic E-state index is 12.9. The third-order valence-electron chi connectivity index (χ3n) is 5.51. The number of aromatic nitrogens is 2. The largest absolute Gasteiger partial charge is 0.394 e. The number of fused-ring (bicyclic) bond motifs is 1. The fraction of sp³-hybridized carbons (Fsp3) is 0.409. The van der Waals surface area contributed by atoms with Crippen molar-refractivity contribution in [1.82, 2.24) is 14.9 Å². The number of nitrogens with one attached hydrogen (secondary N) is 1. The van der Waals surface area contributed by atoms with Gasteiger partial charge in [-0.15, -0.1) is 0 Å². The standard InChI is InChI=1S/C22H26ClN5O3S/c1-13-3-4-18-19(7-13)32-21(25-18)26-22(31)28-6-5-27(11-14(28)2)20-17(23)9-15(10-24-20)8-16(30)12-29/h3-4,7,9-10,14,16,29-30H,5-6,8,11-12H2,1-2H3,(H,25,26,31)/t14-,16+/m0/s1. The lowest BCUT2D eigenvalue weighted by atomic mass is 10.1. The number of amides is 2. The second-order valence-corrected chi connectivity index (χ2v) is 9.54. The van der Waals surface area contributed by atoms with Crippen LogP contribution in [0.3, 0.4) is 0 Å². The number of urea groups is 1. The lowest BCUT2D eigenvalue weighted by Crippen LogP contribution is -2.55. The molecule has 32 heavy (non-hydrogen) atoms. The Kier molecular flexibility index (Phi) is 6.80. The van der Waals surface area contributed by atoms with Crippen LogP contribution in [-0.2, 0) is 6.42 Å². The molecule has 1 fully saturated rings. The van der Waals surface area contributed by atoms with Gasteiger partial charge >= 0.3 is 6.03 Å². The molecule has 2 aromatic heterocycles. The second-order valence-electron chi connectivity index (χ2n) is 8.10. The van der Waals surface area contributed by atoms with Crippen molar-refractivity contribution in [2.75, 3.05) is 36.5 Å². The van der Waals surface area contributed by atoms with E-state index in [1.54, 1.807) is 17.2 Å². The molecule has 0 bridgehead atoms. The first kappa shape index (κ1) is 22.7. The molecule has 3 aromatic rings. The molecule has 2 atom stereocenters. The van der Waals surface area contributed by atoms with Crippen molar-refractivity contribution < 1.29 is 15.0 Å². The van der Waals surface area contributed by atoms with Gasteiger partial charge in [-0.05, 0) is 43.2 Å². The van der Waals surface area contributed by atoms with Crippen molar-refractivity contribution in [3.63, 3.8) is 0 Å². The van der Waals surface area contributed by atoms with Gasteiger partial charge in [-0.1, -0.05) is 29.0 Å². The first-order valence-electron chi connectivity index (χ1n) is 10.5. The summed E-state index contributed by atoms with van der Waals surface area (Å²) < 4.78 is 1.05. The summed E-state index contributed by atoms with van der Waals surface area (Å²) in [4.78, 5) is 25.7. The number of aliphatic hydroxyl groups excluding tert-OH is 2. The van der Waals surface area contributed by atoms with Gasteiger partial charge in [0.1, 0.15) is 5.82 Å². The zero-order valence-corrected chi connectivity index (χ0v) is 19.5. The maximum atomic E-state index is 12.9.